The summed E-state index contributed by atoms with van der Waals surface area (Å²) in [5.74, 6) is 1.15. The second kappa shape index (κ2) is 4.31. The molecule has 0 amide bonds. The van der Waals surface area contributed by atoms with E-state index in [0.717, 1.165) is 36.1 Å². The molecule has 0 aliphatic carbocycles. The number of aromatic amines is 1. The minimum Gasteiger partial charge on any atom is -0.508 e. The van der Waals surface area contributed by atoms with Crippen LogP contribution in [0.5, 0.6) is 5.75 Å². The van der Waals surface area contributed by atoms with E-state index in [9.17, 15) is 5.11 Å². The first-order valence-corrected chi connectivity index (χ1v) is 5.08. The number of rotatable bonds is 4. The average Bonchev–Trinajstić information content (AvgIpc) is 2.60. The van der Waals surface area contributed by atoms with Crippen LogP contribution in [0.3, 0.4) is 0 Å². The summed E-state index contributed by atoms with van der Waals surface area (Å²) >= 11 is 0. The average molecular weight is 206 g/mol. The number of aliphatic hydroxyl groups is 1. The molecule has 0 saturated heterocycles. The van der Waals surface area contributed by atoms with Gasteiger partial charge in [-0.05, 0) is 25.0 Å². The van der Waals surface area contributed by atoms with Gasteiger partial charge < -0.3 is 15.2 Å². The van der Waals surface area contributed by atoms with Gasteiger partial charge in [-0.25, -0.2) is 4.98 Å². The standard InChI is InChI=1S/C11H14N2O2/c14-6-2-1-3-11-12-9-5-4-8(15)7-10(9)13-11/h4-5,7,14-15H,1-3,6H2,(H,12,13). The highest BCUT2D eigenvalue weighted by Gasteiger charge is 2.02. The molecule has 0 radical (unpaired) electrons. The second-order valence-electron chi connectivity index (χ2n) is 3.57. The van der Waals surface area contributed by atoms with E-state index in [2.05, 4.69) is 9.97 Å². The number of nitrogens with zero attached hydrogens (tertiary/aromatic N) is 1. The number of hydrogen-bond donors (Lipinski definition) is 3. The zero-order chi connectivity index (χ0) is 10.7. The highest BCUT2D eigenvalue weighted by molar-refractivity contribution is 5.76. The van der Waals surface area contributed by atoms with Gasteiger partial charge in [0.25, 0.3) is 0 Å². The van der Waals surface area contributed by atoms with Gasteiger partial charge in [0.05, 0.1) is 11.0 Å². The van der Waals surface area contributed by atoms with Gasteiger partial charge in [-0.15, -0.1) is 0 Å². The topological polar surface area (TPSA) is 69.1 Å². The maximum absolute atomic E-state index is 9.27. The molecule has 2 rings (SSSR count). The van der Waals surface area contributed by atoms with Crippen LogP contribution in [0.4, 0.5) is 0 Å². The van der Waals surface area contributed by atoms with Crippen molar-refractivity contribution in [3.63, 3.8) is 0 Å². The summed E-state index contributed by atoms with van der Waals surface area (Å²) in [5.41, 5.74) is 1.72. The Labute approximate surface area is 87.6 Å². The molecule has 0 aliphatic rings. The molecule has 15 heavy (non-hydrogen) atoms. The van der Waals surface area contributed by atoms with E-state index in [-0.39, 0.29) is 12.4 Å². The number of benzene rings is 1. The molecule has 1 aromatic heterocycles. The van der Waals surface area contributed by atoms with Gasteiger partial charge in [0.1, 0.15) is 11.6 Å². The highest BCUT2D eigenvalue weighted by Crippen LogP contribution is 2.18. The van der Waals surface area contributed by atoms with Crippen LogP contribution in [0.2, 0.25) is 0 Å². The monoisotopic (exact) mass is 206 g/mol. The fraction of sp³-hybridized carbons (Fsp3) is 0.364. The molecule has 1 aromatic carbocycles. The van der Waals surface area contributed by atoms with Gasteiger partial charge in [-0.3, -0.25) is 0 Å². The van der Waals surface area contributed by atoms with E-state index in [1.165, 1.54) is 0 Å². The van der Waals surface area contributed by atoms with Crippen molar-refractivity contribution in [3.05, 3.63) is 24.0 Å². The molecule has 0 spiro atoms. The second-order valence-corrected chi connectivity index (χ2v) is 3.57. The zero-order valence-corrected chi connectivity index (χ0v) is 8.40. The van der Waals surface area contributed by atoms with Crippen LogP contribution >= 0.6 is 0 Å². The van der Waals surface area contributed by atoms with Crippen molar-refractivity contribution in [1.29, 1.82) is 0 Å². The summed E-state index contributed by atoms with van der Waals surface area (Å²) in [4.78, 5) is 7.52. The third-order valence-electron chi connectivity index (χ3n) is 2.34. The molecule has 0 bridgehead atoms. The first-order valence-electron chi connectivity index (χ1n) is 5.08. The number of nitrogens with one attached hydrogen (secondary N) is 1. The van der Waals surface area contributed by atoms with Crippen molar-refractivity contribution in [1.82, 2.24) is 9.97 Å². The van der Waals surface area contributed by atoms with Crippen molar-refractivity contribution in [2.24, 2.45) is 0 Å². The number of phenolic OH excluding ortho intramolecular Hbond substituents is 1. The van der Waals surface area contributed by atoms with Gasteiger partial charge in [-0.2, -0.15) is 0 Å². The highest BCUT2D eigenvalue weighted by atomic mass is 16.3. The minimum absolute atomic E-state index is 0.223. The number of phenols is 1. The quantitative estimate of drug-likeness (QED) is 0.665. The molecule has 0 saturated carbocycles. The van der Waals surface area contributed by atoms with Crippen LogP contribution in [-0.4, -0.2) is 26.8 Å². The van der Waals surface area contributed by atoms with Crippen molar-refractivity contribution >= 4 is 11.0 Å². The maximum Gasteiger partial charge on any atom is 0.117 e. The molecule has 0 unspecified atom stereocenters. The Bertz CT molecular complexity index is 451. The van der Waals surface area contributed by atoms with Gasteiger partial charge >= 0.3 is 0 Å². The third-order valence-corrected chi connectivity index (χ3v) is 2.34. The Kier molecular flexibility index (Phi) is 2.87. The van der Waals surface area contributed by atoms with Gasteiger partial charge in [0.2, 0.25) is 0 Å². The van der Waals surface area contributed by atoms with Crippen molar-refractivity contribution in [2.75, 3.05) is 6.61 Å². The molecular weight excluding hydrogens is 192 g/mol. The van der Waals surface area contributed by atoms with E-state index in [1.807, 2.05) is 0 Å². The van der Waals surface area contributed by atoms with E-state index in [0.29, 0.717) is 0 Å². The normalized spacial score (nSPS) is 11.0. The molecule has 1 heterocycles. The molecule has 0 atom stereocenters. The summed E-state index contributed by atoms with van der Waals surface area (Å²) in [7, 11) is 0. The number of aromatic hydroxyl groups is 1. The Morgan fingerprint density at radius 2 is 2.13 bits per heavy atom. The zero-order valence-electron chi connectivity index (χ0n) is 8.40. The number of hydrogen-bond acceptors (Lipinski definition) is 3. The smallest absolute Gasteiger partial charge is 0.117 e. The van der Waals surface area contributed by atoms with E-state index < -0.39 is 0 Å². The lowest BCUT2D eigenvalue weighted by molar-refractivity contribution is 0.284. The molecular formula is C11H14N2O2. The number of aryl methyl sites for hydroxylation is 1. The maximum atomic E-state index is 9.27. The van der Waals surface area contributed by atoms with E-state index in [1.54, 1.807) is 18.2 Å². The third kappa shape index (κ3) is 2.27. The Morgan fingerprint density at radius 3 is 2.93 bits per heavy atom. The predicted molar refractivity (Wildman–Crippen MR) is 57.8 cm³/mol. The summed E-state index contributed by atoms with van der Waals surface area (Å²) in [6, 6.07) is 5.08. The molecule has 0 aliphatic heterocycles. The first kappa shape index (κ1) is 9.98. The predicted octanol–water partition coefficient (Wildman–Crippen LogP) is 1.58. The van der Waals surface area contributed by atoms with Crippen LogP contribution in [-0.2, 0) is 6.42 Å². The lowest BCUT2D eigenvalue weighted by Crippen LogP contribution is -1.90. The lowest BCUT2D eigenvalue weighted by atomic mass is 10.2. The lowest BCUT2D eigenvalue weighted by Gasteiger charge is -1.93. The summed E-state index contributed by atoms with van der Waals surface area (Å²) < 4.78 is 0. The summed E-state index contributed by atoms with van der Waals surface area (Å²) in [5, 5.41) is 17.9. The number of fused-ring (bicyclic) bond motifs is 1. The van der Waals surface area contributed by atoms with Gasteiger partial charge in [-0.1, -0.05) is 0 Å². The van der Waals surface area contributed by atoms with Gasteiger partial charge in [0.15, 0.2) is 0 Å². The number of H-pyrrole nitrogens is 1. The van der Waals surface area contributed by atoms with Crippen LogP contribution in [0.1, 0.15) is 18.7 Å². The molecule has 4 nitrogen and oxygen atoms in total. The van der Waals surface area contributed by atoms with Crippen LogP contribution in [0.25, 0.3) is 11.0 Å². The number of imidazole rings is 1. The van der Waals surface area contributed by atoms with Crippen molar-refractivity contribution in [2.45, 2.75) is 19.3 Å². The first-order chi connectivity index (χ1) is 7.29. The molecule has 0 fully saturated rings. The van der Waals surface area contributed by atoms with Crippen molar-refractivity contribution < 1.29 is 10.2 Å². The van der Waals surface area contributed by atoms with E-state index >= 15 is 0 Å². The minimum atomic E-state index is 0.223. The summed E-state index contributed by atoms with van der Waals surface area (Å²) in [6.07, 6.45) is 2.54. The van der Waals surface area contributed by atoms with Crippen molar-refractivity contribution in [3.8, 4) is 5.75 Å². The Balaban J connectivity index is 2.16. The summed E-state index contributed by atoms with van der Waals surface area (Å²) in [6.45, 7) is 0.223. The number of unbranched alkanes of at least 4 members (excludes halogenated alkanes) is 1. The SMILES string of the molecule is OCCCCc1nc2ccc(O)cc2[nH]1. The fourth-order valence-corrected chi connectivity index (χ4v) is 1.57. The molecule has 2 aromatic rings. The Hall–Kier alpha value is -1.55. The van der Waals surface area contributed by atoms with Crippen LogP contribution in [0, 0.1) is 0 Å². The Morgan fingerprint density at radius 1 is 1.27 bits per heavy atom. The largest absolute Gasteiger partial charge is 0.508 e. The van der Waals surface area contributed by atoms with Crippen LogP contribution in [0.15, 0.2) is 18.2 Å². The van der Waals surface area contributed by atoms with Gasteiger partial charge in [0, 0.05) is 19.1 Å². The molecule has 3 N–H and O–H groups in total. The van der Waals surface area contributed by atoms with E-state index in [4.69, 9.17) is 5.11 Å². The molecule has 80 valence electrons. The fourth-order valence-electron chi connectivity index (χ4n) is 1.57. The number of aromatic nitrogens is 2. The molecule has 4 heteroatoms. The van der Waals surface area contributed by atoms with Crippen LogP contribution < -0.4 is 0 Å². The number of aliphatic hydroxyl groups excluding tert-OH is 1.